The molecule has 0 aromatic carbocycles. The van der Waals surface area contributed by atoms with Crippen molar-refractivity contribution in [1.29, 1.82) is 0 Å². The minimum atomic E-state index is -0.191. The van der Waals surface area contributed by atoms with Crippen molar-refractivity contribution in [3.63, 3.8) is 0 Å². The van der Waals surface area contributed by atoms with Gasteiger partial charge in [0.1, 0.15) is 0 Å². The van der Waals surface area contributed by atoms with Crippen LogP contribution in [-0.2, 0) is 4.79 Å². The lowest BCUT2D eigenvalue weighted by Gasteiger charge is -2.20. The maximum Gasteiger partial charge on any atom is 0.224 e. The highest BCUT2D eigenvalue weighted by Crippen LogP contribution is 2.23. The fraction of sp³-hybridized carbons (Fsp3) is 0.625. The third-order valence-electron chi connectivity index (χ3n) is 2.07. The molecule has 0 heterocycles. The molecule has 56 valence electrons. The van der Waals surface area contributed by atoms with Gasteiger partial charge in [-0.1, -0.05) is 19.1 Å². The van der Waals surface area contributed by atoms with Gasteiger partial charge in [-0.05, 0) is 18.8 Å². The van der Waals surface area contributed by atoms with Gasteiger partial charge < -0.3 is 5.73 Å². The van der Waals surface area contributed by atoms with Crippen molar-refractivity contribution >= 4 is 5.91 Å². The third-order valence-corrected chi connectivity index (χ3v) is 2.07. The zero-order chi connectivity index (χ0) is 7.56. The minimum absolute atomic E-state index is 0.0197. The summed E-state index contributed by atoms with van der Waals surface area (Å²) in [5, 5.41) is 0. The lowest BCUT2D eigenvalue weighted by Crippen LogP contribution is -2.28. The van der Waals surface area contributed by atoms with Crippen LogP contribution in [0.25, 0.3) is 0 Å². The predicted molar refractivity (Wildman–Crippen MR) is 40.2 cm³/mol. The van der Waals surface area contributed by atoms with Crippen LogP contribution in [0.3, 0.4) is 0 Å². The molecule has 2 heteroatoms. The summed E-state index contributed by atoms with van der Waals surface area (Å²) in [5.41, 5.74) is 5.17. The van der Waals surface area contributed by atoms with Gasteiger partial charge in [-0.3, -0.25) is 4.79 Å². The topological polar surface area (TPSA) is 43.1 Å². The number of carbonyl (C=O) groups excluding carboxylic acids is 1. The molecule has 0 saturated heterocycles. The second-order valence-electron chi connectivity index (χ2n) is 2.91. The number of allylic oxidation sites excluding steroid dienone is 1. The van der Waals surface area contributed by atoms with Crippen molar-refractivity contribution in [2.45, 2.75) is 19.8 Å². The van der Waals surface area contributed by atoms with Crippen LogP contribution in [0.2, 0.25) is 0 Å². The van der Waals surface area contributed by atoms with E-state index in [-0.39, 0.29) is 11.8 Å². The van der Waals surface area contributed by atoms with Gasteiger partial charge in [0.05, 0.1) is 5.92 Å². The van der Waals surface area contributed by atoms with E-state index < -0.39 is 0 Å². The van der Waals surface area contributed by atoms with Crippen LogP contribution in [0, 0.1) is 11.8 Å². The fourth-order valence-corrected chi connectivity index (χ4v) is 1.35. The van der Waals surface area contributed by atoms with Gasteiger partial charge in [-0.2, -0.15) is 0 Å². The zero-order valence-corrected chi connectivity index (χ0v) is 6.21. The largest absolute Gasteiger partial charge is 0.369 e. The molecule has 10 heavy (non-hydrogen) atoms. The second-order valence-corrected chi connectivity index (χ2v) is 2.91. The molecule has 0 saturated carbocycles. The molecule has 1 aliphatic carbocycles. The number of rotatable bonds is 1. The highest BCUT2D eigenvalue weighted by molar-refractivity contribution is 5.78. The van der Waals surface area contributed by atoms with Gasteiger partial charge in [-0.15, -0.1) is 0 Å². The Labute approximate surface area is 61.1 Å². The molecule has 0 radical (unpaired) electrons. The smallest absolute Gasteiger partial charge is 0.224 e. The van der Waals surface area contributed by atoms with Gasteiger partial charge in [0.25, 0.3) is 0 Å². The van der Waals surface area contributed by atoms with Gasteiger partial charge in [0, 0.05) is 0 Å². The van der Waals surface area contributed by atoms with Crippen molar-refractivity contribution in [2.24, 2.45) is 17.6 Å². The van der Waals surface area contributed by atoms with Crippen LogP contribution in [0.5, 0.6) is 0 Å². The number of amides is 1. The maximum absolute atomic E-state index is 10.7. The lowest BCUT2D eigenvalue weighted by atomic mass is 9.85. The second kappa shape index (κ2) is 2.86. The van der Waals surface area contributed by atoms with Crippen LogP contribution in [0.1, 0.15) is 19.8 Å². The zero-order valence-electron chi connectivity index (χ0n) is 6.21. The first-order chi connectivity index (χ1) is 4.72. The standard InChI is InChI=1S/C8H13NO/c1-6-4-2-3-5-7(6)8(9)10/h3,5-7H,2,4H2,1H3,(H2,9,10). The minimum Gasteiger partial charge on any atom is -0.369 e. The Hall–Kier alpha value is -0.790. The number of nitrogens with two attached hydrogens (primary N) is 1. The number of carbonyl (C=O) groups is 1. The van der Waals surface area contributed by atoms with Crippen LogP contribution >= 0.6 is 0 Å². The van der Waals surface area contributed by atoms with Crippen molar-refractivity contribution in [2.75, 3.05) is 0 Å². The fourth-order valence-electron chi connectivity index (χ4n) is 1.35. The normalized spacial score (nSPS) is 32.1. The van der Waals surface area contributed by atoms with Crippen molar-refractivity contribution in [1.82, 2.24) is 0 Å². The van der Waals surface area contributed by atoms with E-state index in [0.29, 0.717) is 5.92 Å². The first-order valence-corrected chi connectivity index (χ1v) is 3.68. The quantitative estimate of drug-likeness (QED) is 0.542. The van der Waals surface area contributed by atoms with Crippen molar-refractivity contribution in [3.8, 4) is 0 Å². The van der Waals surface area contributed by atoms with Crippen LogP contribution in [0.4, 0.5) is 0 Å². The molecule has 0 aliphatic heterocycles. The molecule has 1 aliphatic rings. The molecule has 0 spiro atoms. The van der Waals surface area contributed by atoms with Crippen molar-refractivity contribution < 1.29 is 4.79 Å². The Kier molecular flexibility index (Phi) is 2.10. The number of hydrogen-bond acceptors (Lipinski definition) is 1. The molecule has 2 atom stereocenters. The predicted octanol–water partition coefficient (Wildman–Crippen LogP) is 1.07. The first kappa shape index (κ1) is 7.32. The molecule has 2 unspecified atom stereocenters. The van der Waals surface area contributed by atoms with E-state index in [1.165, 1.54) is 0 Å². The SMILES string of the molecule is CC1CCC=CC1C(N)=O. The molecule has 1 rings (SSSR count). The van der Waals surface area contributed by atoms with E-state index in [9.17, 15) is 4.79 Å². The molecule has 2 N–H and O–H groups in total. The average molecular weight is 139 g/mol. The molecular weight excluding hydrogens is 126 g/mol. The Balaban J connectivity index is 2.64. The molecule has 1 amide bonds. The summed E-state index contributed by atoms with van der Waals surface area (Å²) in [4.78, 5) is 10.7. The monoisotopic (exact) mass is 139 g/mol. The van der Waals surface area contributed by atoms with E-state index in [1.54, 1.807) is 0 Å². The Bertz CT molecular complexity index is 163. The summed E-state index contributed by atoms with van der Waals surface area (Å²) in [5.74, 6) is 0.222. The Morgan fingerprint density at radius 1 is 1.70 bits per heavy atom. The van der Waals surface area contributed by atoms with E-state index >= 15 is 0 Å². The summed E-state index contributed by atoms with van der Waals surface area (Å²) in [6.45, 7) is 2.07. The van der Waals surface area contributed by atoms with Gasteiger partial charge in [0.15, 0.2) is 0 Å². The van der Waals surface area contributed by atoms with Crippen LogP contribution in [0.15, 0.2) is 12.2 Å². The summed E-state index contributed by atoms with van der Waals surface area (Å²) in [6.07, 6.45) is 6.14. The summed E-state index contributed by atoms with van der Waals surface area (Å²) in [6, 6.07) is 0. The maximum atomic E-state index is 10.7. The van der Waals surface area contributed by atoms with E-state index in [1.807, 2.05) is 12.2 Å². The molecule has 0 aromatic heterocycles. The van der Waals surface area contributed by atoms with Gasteiger partial charge in [0.2, 0.25) is 5.91 Å². The van der Waals surface area contributed by atoms with E-state index in [4.69, 9.17) is 5.73 Å². The molecule has 0 bridgehead atoms. The number of primary amides is 1. The summed E-state index contributed by atoms with van der Waals surface area (Å²) < 4.78 is 0. The molecule has 2 nitrogen and oxygen atoms in total. The van der Waals surface area contributed by atoms with E-state index in [0.717, 1.165) is 12.8 Å². The first-order valence-electron chi connectivity index (χ1n) is 3.68. The van der Waals surface area contributed by atoms with Crippen molar-refractivity contribution in [3.05, 3.63) is 12.2 Å². The van der Waals surface area contributed by atoms with E-state index in [2.05, 4.69) is 6.92 Å². The highest BCUT2D eigenvalue weighted by atomic mass is 16.1. The summed E-state index contributed by atoms with van der Waals surface area (Å²) in [7, 11) is 0. The lowest BCUT2D eigenvalue weighted by molar-refractivity contribution is -0.121. The average Bonchev–Trinajstić information content (AvgIpc) is 1.88. The number of hydrogen-bond donors (Lipinski definition) is 1. The summed E-state index contributed by atoms with van der Waals surface area (Å²) >= 11 is 0. The highest BCUT2D eigenvalue weighted by Gasteiger charge is 2.21. The van der Waals surface area contributed by atoms with Gasteiger partial charge >= 0.3 is 0 Å². The Morgan fingerprint density at radius 2 is 2.40 bits per heavy atom. The Morgan fingerprint density at radius 3 is 2.80 bits per heavy atom. The van der Waals surface area contributed by atoms with Crippen LogP contribution < -0.4 is 5.73 Å². The third kappa shape index (κ3) is 1.38. The van der Waals surface area contributed by atoms with Gasteiger partial charge in [-0.25, -0.2) is 0 Å². The van der Waals surface area contributed by atoms with Crippen LogP contribution in [-0.4, -0.2) is 5.91 Å². The molecular formula is C8H13NO. The molecule has 0 aromatic rings. The molecule has 0 fully saturated rings.